The van der Waals surface area contributed by atoms with Crippen LogP contribution < -0.4 is 0 Å². The van der Waals surface area contributed by atoms with Gasteiger partial charge in [0.1, 0.15) is 5.69 Å². The van der Waals surface area contributed by atoms with Crippen molar-refractivity contribution in [1.82, 2.24) is 4.98 Å². The van der Waals surface area contributed by atoms with Gasteiger partial charge in [-0.25, -0.2) is 9.78 Å². The Morgan fingerprint density at radius 2 is 2.00 bits per heavy atom. The molecule has 0 unspecified atom stereocenters. The lowest BCUT2D eigenvalue weighted by atomic mass is 10.0. The highest BCUT2D eigenvalue weighted by molar-refractivity contribution is 5.94. The average molecular weight is 229 g/mol. The molecule has 0 fully saturated rings. The molecule has 0 amide bonds. The van der Waals surface area contributed by atoms with Crippen molar-refractivity contribution in [3.63, 3.8) is 0 Å². The molecule has 0 radical (unpaired) electrons. The molecule has 0 atom stereocenters. The predicted molar refractivity (Wildman–Crippen MR) is 67.2 cm³/mol. The number of methoxy groups -OCH3 is 1. The van der Waals surface area contributed by atoms with E-state index in [1.807, 2.05) is 24.3 Å². The first-order valence-electron chi connectivity index (χ1n) is 5.61. The van der Waals surface area contributed by atoms with Crippen LogP contribution in [0.1, 0.15) is 35.9 Å². The summed E-state index contributed by atoms with van der Waals surface area (Å²) in [5, 5.41) is 2.11. The molecule has 2 rings (SSSR count). The lowest BCUT2D eigenvalue weighted by molar-refractivity contribution is 0.0594. The summed E-state index contributed by atoms with van der Waals surface area (Å²) in [5.74, 6) is -0.123. The zero-order valence-electron chi connectivity index (χ0n) is 10.2. The Bertz CT molecular complexity index is 561. The number of pyridine rings is 1. The number of aromatic nitrogens is 1. The summed E-state index contributed by atoms with van der Waals surface area (Å²) in [6, 6.07) is 9.71. The van der Waals surface area contributed by atoms with E-state index in [4.69, 9.17) is 4.74 Å². The largest absolute Gasteiger partial charge is 0.464 e. The third-order valence-corrected chi connectivity index (χ3v) is 2.71. The van der Waals surface area contributed by atoms with Crippen LogP contribution in [0.25, 0.3) is 10.8 Å². The molecule has 0 aliphatic carbocycles. The molecule has 0 saturated heterocycles. The number of carbonyl (C=O) groups excluding carboxylic acids is 1. The number of esters is 1. The quantitative estimate of drug-likeness (QED) is 0.742. The molecule has 0 spiro atoms. The lowest BCUT2D eigenvalue weighted by Gasteiger charge is -2.10. The summed E-state index contributed by atoms with van der Waals surface area (Å²) in [7, 11) is 1.37. The first-order chi connectivity index (χ1) is 8.13. The van der Waals surface area contributed by atoms with E-state index in [-0.39, 0.29) is 5.92 Å². The lowest BCUT2D eigenvalue weighted by Crippen LogP contribution is -2.07. The molecule has 3 nitrogen and oxygen atoms in total. The molecule has 0 bridgehead atoms. The van der Waals surface area contributed by atoms with E-state index in [1.54, 1.807) is 6.07 Å². The van der Waals surface area contributed by atoms with Crippen molar-refractivity contribution in [1.29, 1.82) is 0 Å². The zero-order valence-corrected chi connectivity index (χ0v) is 10.2. The van der Waals surface area contributed by atoms with Crippen molar-refractivity contribution in [3.05, 3.63) is 41.7 Å². The maximum Gasteiger partial charge on any atom is 0.356 e. The Balaban J connectivity index is 2.71. The van der Waals surface area contributed by atoms with Crippen molar-refractivity contribution in [3.8, 4) is 0 Å². The summed E-state index contributed by atoms with van der Waals surface area (Å²) in [4.78, 5) is 15.9. The average Bonchev–Trinajstić information content (AvgIpc) is 2.36. The molecular weight excluding hydrogens is 214 g/mol. The van der Waals surface area contributed by atoms with Crippen LogP contribution in [0, 0.1) is 0 Å². The van der Waals surface area contributed by atoms with E-state index >= 15 is 0 Å². The number of fused-ring (bicyclic) bond motifs is 1. The van der Waals surface area contributed by atoms with Gasteiger partial charge in [0.05, 0.1) is 12.8 Å². The number of nitrogens with zero attached hydrogens (tertiary/aromatic N) is 1. The number of hydrogen-bond acceptors (Lipinski definition) is 3. The molecule has 2 aromatic rings. The predicted octanol–water partition coefficient (Wildman–Crippen LogP) is 3.14. The summed E-state index contributed by atoms with van der Waals surface area (Å²) < 4.78 is 4.72. The van der Waals surface area contributed by atoms with Gasteiger partial charge in [0.15, 0.2) is 0 Å². The van der Waals surface area contributed by atoms with Gasteiger partial charge in [0.25, 0.3) is 0 Å². The monoisotopic (exact) mass is 229 g/mol. The SMILES string of the molecule is COC(=O)c1cc2ccccc2c(C(C)C)n1. The summed E-state index contributed by atoms with van der Waals surface area (Å²) in [5.41, 5.74) is 1.30. The van der Waals surface area contributed by atoms with Crippen molar-refractivity contribution in [2.24, 2.45) is 0 Å². The van der Waals surface area contributed by atoms with Crippen LogP contribution in [-0.2, 0) is 4.74 Å². The minimum Gasteiger partial charge on any atom is -0.464 e. The number of carbonyl (C=O) groups is 1. The van der Waals surface area contributed by atoms with Crippen molar-refractivity contribution in [2.45, 2.75) is 19.8 Å². The Hall–Kier alpha value is -1.90. The molecule has 0 N–H and O–H groups in total. The van der Waals surface area contributed by atoms with Crippen LogP contribution in [-0.4, -0.2) is 18.1 Å². The first kappa shape index (κ1) is 11.6. The summed E-state index contributed by atoms with van der Waals surface area (Å²) in [6.07, 6.45) is 0. The van der Waals surface area contributed by atoms with Crippen molar-refractivity contribution >= 4 is 16.7 Å². The molecule has 1 aromatic heterocycles. The highest BCUT2D eigenvalue weighted by Gasteiger charge is 2.13. The molecule has 0 saturated carbocycles. The molecular formula is C14H15NO2. The fourth-order valence-electron chi connectivity index (χ4n) is 1.87. The Morgan fingerprint density at radius 1 is 1.29 bits per heavy atom. The molecule has 0 aliphatic heterocycles. The van der Waals surface area contributed by atoms with E-state index in [0.717, 1.165) is 16.5 Å². The summed E-state index contributed by atoms with van der Waals surface area (Å²) >= 11 is 0. The Kier molecular flexibility index (Phi) is 3.09. The van der Waals surface area contributed by atoms with E-state index in [9.17, 15) is 4.79 Å². The standard InChI is InChI=1S/C14H15NO2/c1-9(2)13-11-7-5-4-6-10(11)8-12(15-13)14(16)17-3/h4-9H,1-3H3. The fraction of sp³-hybridized carbons (Fsp3) is 0.286. The van der Waals surface area contributed by atoms with Crippen LogP contribution in [0.5, 0.6) is 0 Å². The van der Waals surface area contributed by atoms with Crippen molar-refractivity contribution in [2.75, 3.05) is 7.11 Å². The molecule has 17 heavy (non-hydrogen) atoms. The van der Waals surface area contributed by atoms with Crippen LogP contribution in [0.4, 0.5) is 0 Å². The number of hydrogen-bond donors (Lipinski definition) is 0. The normalized spacial score (nSPS) is 10.8. The number of ether oxygens (including phenoxy) is 1. The van der Waals surface area contributed by atoms with Crippen LogP contribution in [0.2, 0.25) is 0 Å². The third kappa shape index (κ3) is 2.13. The Labute approximate surface area is 100 Å². The van der Waals surface area contributed by atoms with E-state index in [2.05, 4.69) is 18.8 Å². The van der Waals surface area contributed by atoms with Crippen LogP contribution in [0.15, 0.2) is 30.3 Å². The Morgan fingerprint density at radius 3 is 2.65 bits per heavy atom. The molecule has 3 heteroatoms. The van der Waals surface area contributed by atoms with Gasteiger partial charge in [-0.1, -0.05) is 38.1 Å². The van der Waals surface area contributed by atoms with Gasteiger partial charge in [-0.2, -0.15) is 0 Å². The van der Waals surface area contributed by atoms with Gasteiger partial charge < -0.3 is 4.74 Å². The number of benzene rings is 1. The second-order valence-electron chi connectivity index (χ2n) is 4.26. The van der Waals surface area contributed by atoms with Crippen LogP contribution in [0.3, 0.4) is 0 Å². The van der Waals surface area contributed by atoms with Gasteiger partial charge in [-0.15, -0.1) is 0 Å². The third-order valence-electron chi connectivity index (χ3n) is 2.71. The molecule has 1 heterocycles. The minimum atomic E-state index is -0.391. The highest BCUT2D eigenvalue weighted by Crippen LogP contribution is 2.24. The zero-order chi connectivity index (χ0) is 12.4. The van der Waals surface area contributed by atoms with Crippen LogP contribution >= 0.6 is 0 Å². The van der Waals surface area contributed by atoms with Gasteiger partial charge in [0.2, 0.25) is 0 Å². The highest BCUT2D eigenvalue weighted by atomic mass is 16.5. The maximum atomic E-state index is 11.5. The topological polar surface area (TPSA) is 39.2 Å². The minimum absolute atomic E-state index is 0.268. The maximum absolute atomic E-state index is 11.5. The second kappa shape index (κ2) is 4.53. The molecule has 88 valence electrons. The summed E-state index contributed by atoms with van der Waals surface area (Å²) in [6.45, 7) is 4.13. The fourth-order valence-corrected chi connectivity index (χ4v) is 1.87. The van der Waals surface area contributed by atoms with Gasteiger partial charge in [-0.3, -0.25) is 0 Å². The number of rotatable bonds is 2. The van der Waals surface area contributed by atoms with E-state index in [1.165, 1.54) is 7.11 Å². The molecule has 1 aromatic carbocycles. The van der Waals surface area contributed by atoms with Crippen molar-refractivity contribution < 1.29 is 9.53 Å². The second-order valence-corrected chi connectivity index (χ2v) is 4.26. The van der Waals surface area contributed by atoms with E-state index in [0.29, 0.717) is 5.69 Å². The van der Waals surface area contributed by atoms with E-state index < -0.39 is 5.97 Å². The van der Waals surface area contributed by atoms with Gasteiger partial charge in [0, 0.05) is 5.39 Å². The van der Waals surface area contributed by atoms with Gasteiger partial charge in [-0.05, 0) is 17.4 Å². The smallest absolute Gasteiger partial charge is 0.356 e. The first-order valence-corrected chi connectivity index (χ1v) is 5.61. The molecule has 0 aliphatic rings. The van der Waals surface area contributed by atoms with Gasteiger partial charge >= 0.3 is 5.97 Å².